The van der Waals surface area contributed by atoms with Crippen molar-refractivity contribution in [1.82, 2.24) is 0 Å². The van der Waals surface area contributed by atoms with Crippen molar-refractivity contribution in [2.24, 2.45) is 0 Å². The van der Waals surface area contributed by atoms with E-state index in [1.165, 1.54) is 24.3 Å². The van der Waals surface area contributed by atoms with Gasteiger partial charge in [-0.2, -0.15) is 0 Å². The molecule has 9 heteroatoms. The molecule has 0 radical (unpaired) electrons. The maximum Gasteiger partial charge on any atom is 0.426 e. The molecule has 1 aromatic carbocycles. The zero-order valence-electron chi connectivity index (χ0n) is 12.0. The van der Waals surface area contributed by atoms with Gasteiger partial charge in [-0.25, -0.2) is 17.5 Å². The SMILES string of the molecule is CC(C)(C)OC(=O)N(c1ccccc1S(C)(=O)=O)S(=O)[O-]. The van der Waals surface area contributed by atoms with Crippen molar-refractivity contribution in [3.05, 3.63) is 24.3 Å². The molecule has 0 fully saturated rings. The quantitative estimate of drug-likeness (QED) is 0.778. The van der Waals surface area contributed by atoms with Crippen molar-refractivity contribution >= 4 is 32.9 Å². The van der Waals surface area contributed by atoms with Crippen LogP contribution in [-0.4, -0.2) is 35.1 Å². The molecule has 0 N–H and O–H groups in total. The summed E-state index contributed by atoms with van der Waals surface area (Å²) in [5, 5.41) is 0. The third kappa shape index (κ3) is 4.80. The highest BCUT2D eigenvalue weighted by molar-refractivity contribution is 7.91. The van der Waals surface area contributed by atoms with Crippen LogP contribution >= 0.6 is 0 Å². The number of carbonyl (C=O) groups excluding carboxylic acids is 1. The lowest BCUT2D eigenvalue weighted by Crippen LogP contribution is -2.38. The summed E-state index contributed by atoms with van der Waals surface area (Å²) in [5.74, 6) is 0. The predicted molar refractivity (Wildman–Crippen MR) is 77.2 cm³/mol. The highest BCUT2D eigenvalue weighted by Crippen LogP contribution is 2.27. The summed E-state index contributed by atoms with van der Waals surface area (Å²) in [7, 11) is -3.71. The van der Waals surface area contributed by atoms with Crippen molar-refractivity contribution < 1.29 is 26.7 Å². The van der Waals surface area contributed by atoms with Gasteiger partial charge >= 0.3 is 6.09 Å². The van der Waals surface area contributed by atoms with Gasteiger partial charge < -0.3 is 9.29 Å². The van der Waals surface area contributed by atoms with Crippen LogP contribution in [0.1, 0.15) is 20.8 Å². The number of ether oxygens (including phenoxy) is 1. The van der Waals surface area contributed by atoms with Crippen LogP contribution in [0.15, 0.2) is 29.2 Å². The number of anilines is 1. The number of para-hydroxylation sites is 1. The summed E-state index contributed by atoms with van der Waals surface area (Å²) >= 11 is -3.02. The van der Waals surface area contributed by atoms with Crippen LogP contribution in [0.4, 0.5) is 10.5 Å². The lowest BCUT2D eigenvalue weighted by Gasteiger charge is -2.29. The van der Waals surface area contributed by atoms with Crippen LogP contribution < -0.4 is 4.31 Å². The first-order valence-electron chi connectivity index (χ1n) is 5.85. The molecule has 0 aliphatic heterocycles. The van der Waals surface area contributed by atoms with E-state index >= 15 is 0 Å². The third-order valence-electron chi connectivity index (χ3n) is 2.19. The van der Waals surface area contributed by atoms with E-state index in [-0.39, 0.29) is 14.9 Å². The Bertz CT molecular complexity index is 663. The molecule has 0 heterocycles. The van der Waals surface area contributed by atoms with Gasteiger partial charge in [0.05, 0.1) is 21.8 Å². The van der Waals surface area contributed by atoms with Crippen molar-refractivity contribution in [3.8, 4) is 0 Å². The minimum atomic E-state index is -3.71. The van der Waals surface area contributed by atoms with Gasteiger partial charge in [0.15, 0.2) is 9.84 Å². The molecule has 0 bridgehead atoms. The summed E-state index contributed by atoms with van der Waals surface area (Å²) in [4.78, 5) is 11.7. The monoisotopic (exact) mass is 334 g/mol. The second-order valence-electron chi connectivity index (χ2n) is 5.23. The van der Waals surface area contributed by atoms with Crippen molar-refractivity contribution in [3.63, 3.8) is 0 Å². The van der Waals surface area contributed by atoms with Gasteiger partial charge in [0, 0.05) is 6.26 Å². The molecule has 118 valence electrons. The molecule has 0 aliphatic rings. The smallest absolute Gasteiger partial charge is 0.426 e. The van der Waals surface area contributed by atoms with Crippen molar-refractivity contribution in [2.45, 2.75) is 31.3 Å². The number of amides is 1. The maximum absolute atomic E-state index is 12.0. The van der Waals surface area contributed by atoms with E-state index in [2.05, 4.69) is 0 Å². The van der Waals surface area contributed by atoms with E-state index in [1.807, 2.05) is 0 Å². The van der Waals surface area contributed by atoms with E-state index in [9.17, 15) is 22.0 Å². The summed E-state index contributed by atoms with van der Waals surface area (Å²) < 4.78 is 51.4. The molecule has 21 heavy (non-hydrogen) atoms. The zero-order chi connectivity index (χ0) is 16.4. The Kier molecular flexibility index (Phi) is 5.13. The highest BCUT2D eigenvalue weighted by Gasteiger charge is 2.28. The molecular weight excluding hydrogens is 318 g/mol. The molecule has 0 saturated carbocycles. The molecule has 1 rings (SSSR count). The standard InChI is InChI=1S/C12H17NO6S2/c1-12(2,3)19-11(14)13(20(15)16)9-7-5-6-8-10(9)21(4,17)18/h5-8H,1-4H3,(H,15,16)/p-1. The van der Waals surface area contributed by atoms with E-state index < -0.39 is 32.8 Å². The lowest BCUT2D eigenvalue weighted by molar-refractivity contribution is 0.0607. The molecule has 0 aromatic heterocycles. The normalized spacial score (nSPS) is 13.6. The third-order valence-corrected chi connectivity index (χ3v) is 3.98. The number of hydrogen-bond donors (Lipinski definition) is 0. The maximum atomic E-state index is 12.0. The fourth-order valence-corrected chi connectivity index (χ4v) is 2.88. The molecule has 1 aromatic rings. The first kappa shape index (κ1) is 17.6. The number of rotatable bonds is 3. The van der Waals surface area contributed by atoms with Gasteiger partial charge in [-0.3, -0.25) is 4.21 Å². The van der Waals surface area contributed by atoms with Gasteiger partial charge in [-0.15, -0.1) is 0 Å². The molecule has 1 atom stereocenters. The molecule has 1 amide bonds. The second kappa shape index (κ2) is 6.12. The van der Waals surface area contributed by atoms with E-state index in [4.69, 9.17) is 4.74 Å². The van der Waals surface area contributed by atoms with Gasteiger partial charge in [0.1, 0.15) is 5.60 Å². The fraction of sp³-hybridized carbons (Fsp3) is 0.417. The van der Waals surface area contributed by atoms with Gasteiger partial charge in [-0.05, 0) is 32.9 Å². The number of sulfone groups is 1. The summed E-state index contributed by atoms with van der Waals surface area (Å²) in [6.07, 6.45) is -0.251. The first-order chi connectivity index (χ1) is 9.43. The Morgan fingerprint density at radius 1 is 1.29 bits per heavy atom. The first-order valence-corrected chi connectivity index (χ1v) is 8.77. The average molecular weight is 334 g/mol. The highest BCUT2D eigenvalue weighted by atomic mass is 32.2. The summed E-state index contributed by atoms with van der Waals surface area (Å²) in [6, 6.07) is 5.29. The van der Waals surface area contributed by atoms with Crippen molar-refractivity contribution in [1.29, 1.82) is 0 Å². The number of hydrogen-bond acceptors (Lipinski definition) is 6. The Morgan fingerprint density at radius 2 is 1.81 bits per heavy atom. The molecule has 0 aliphatic carbocycles. The fourth-order valence-electron chi connectivity index (χ4n) is 1.48. The van der Waals surface area contributed by atoms with Crippen LogP contribution in [-0.2, 0) is 25.8 Å². The van der Waals surface area contributed by atoms with E-state index in [0.29, 0.717) is 0 Å². The minimum Gasteiger partial charge on any atom is -0.755 e. The zero-order valence-corrected chi connectivity index (χ0v) is 13.7. The molecule has 0 spiro atoms. The topological polar surface area (TPSA) is 104 Å². The van der Waals surface area contributed by atoms with Crippen LogP contribution in [0.5, 0.6) is 0 Å². The van der Waals surface area contributed by atoms with Crippen LogP contribution in [0, 0.1) is 0 Å². The second-order valence-corrected chi connectivity index (χ2v) is 8.02. The Balaban J connectivity index is 3.39. The molecule has 0 saturated heterocycles. The Morgan fingerprint density at radius 3 is 2.24 bits per heavy atom. The lowest BCUT2D eigenvalue weighted by atomic mass is 10.2. The van der Waals surface area contributed by atoms with Gasteiger partial charge in [-0.1, -0.05) is 12.1 Å². The van der Waals surface area contributed by atoms with Gasteiger partial charge in [0.25, 0.3) is 0 Å². The van der Waals surface area contributed by atoms with Crippen LogP contribution in [0.25, 0.3) is 0 Å². The minimum absolute atomic E-state index is 0.275. The molecule has 7 nitrogen and oxygen atoms in total. The molecule has 1 unspecified atom stereocenters. The largest absolute Gasteiger partial charge is 0.755 e. The van der Waals surface area contributed by atoms with Crippen LogP contribution in [0.3, 0.4) is 0 Å². The summed E-state index contributed by atoms with van der Waals surface area (Å²) in [5.41, 5.74) is -1.20. The van der Waals surface area contributed by atoms with E-state index in [1.54, 1.807) is 20.8 Å². The number of carbonyl (C=O) groups is 1. The summed E-state index contributed by atoms with van der Waals surface area (Å²) in [6.45, 7) is 4.71. The number of nitrogens with zero attached hydrogens (tertiary/aromatic N) is 1. The Labute approximate surface area is 126 Å². The molecular formula is C12H16NO6S2-. The van der Waals surface area contributed by atoms with Crippen LogP contribution in [0.2, 0.25) is 0 Å². The van der Waals surface area contributed by atoms with Crippen molar-refractivity contribution in [2.75, 3.05) is 10.6 Å². The Hall–Kier alpha value is -1.45. The predicted octanol–water partition coefficient (Wildman–Crippen LogP) is 1.63. The average Bonchev–Trinajstić information content (AvgIpc) is 2.25. The number of benzene rings is 1. The van der Waals surface area contributed by atoms with E-state index in [0.717, 1.165) is 6.26 Å². The van der Waals surface area contributed by atoms with Gasteiger partial charge in [0.2, 0.25) is 0 Å².